The first kappa shape index (κ1) is 14.0. The summed E-state index contributed by atoms with van der Waals surface area (Å²) in [6.45, 7) is 1.76. The summed E-state index contributed by atoms with van der Waals surface area (Å²) in [5.41, 5.74) is 2.50. The van der Waals surface area contributed by atoms with E-state index in [2.05, 4.69) is 26.2 Å². The second-order valence-electron chi connectivity index (χ2n) is 4.24. The Kier molecular flexibility index (Phi) is 5.36. The minimum Gasteiger partial charge on any atom is -0.497 e. The zero-order valence-electron chi connectivity index (χ0n) is 10.9. The fraction of sp³-hybridized carbons (Fsp3) is 0.267. The molecule has 0 aliphatic carbocycles. The molecule has 0 aliphatic rings. The smallest absolute Gasteiger partial charge is 0.119 e. The van der Waals surface area contributed by atoms with E-state index in [1.54, 1.807) is 7.11 Å². The van der Waals surface area contributed by atoms with Crippen LogP contribution < -0.4 is 10.1 Å². The molecule has 19 heavy (non-hydrogen) atoms. The Hall–Kier alpha value is -1.39. The van der Waals surface area contributed by atoms with E-state index in [0.717, 1.165) is 29.7 Å². The van der Waals surface area contributed by atoms with Crippen molar-refractivity contribution in [3.63, 3.8) is 0 Å². The van der Waals surface area contributed by atoms with Gasteiger partial charge in [0.05, 0.1) is 7.11 Å². The van der Waals surface area contributed by atoms with Gasteiger partial charge in [-0.3, -0.25) is 4.98 Å². The highest BCUT2D eigenvalue weighted by atomic mass is 79.9. The summed E-state index contributed by atoms with van der Waals surface area (Å²) in [5.74, 6) is 0.883. The summed E-state index contributed by atoms with van der Waals surface area (Å²) < 4.78 is 6.33. The van der Waals surface area contributed by atoms with Gasteiger partial charge in [0, 0.05) is 23.4 Å². The van der Waals surface area contributed by atoms with Crippen molar-refractivity contribution >= 4 is 15.9 Å². The van der Waals surface area contributed by atoms with Crippen LogP contribution in [0.4, 0.5) is 0 Å². The van der Waals surface area contributed by atoms with Gasteiger partial charge in [0.2, 0.25) is 0 Å². The Morgan fingerprint density at radius 2 is 2.00 bits per heavy atom. The normalized spacial score (nSPS) is 10.4. The molecule has 1 N–H and O–H groups in total. The standard InChI is InChI=1S/C15H17BrN2O/c1-19-14-2-3-15(16)13(10-14)11-18-9-6-12-4-7-17-8-5-12/h2-5,7-8,10,18H,6,9,11H2,1H3. The molecule has 2 rings (SSSR count). The number of nitrogens with zero attached hydrogens (tertiary/aromatic N) is 1. The van der Waals surface area contributed by atoms with Crippen molar-refractivity contribution in [2.45, 2.75) is 13.0 Å². The van der Waals surface area contributed by atoms with Gasteiger partial charge >= 0.3 is 0 Å². The molecular formula is C15H17BrN2O. The van der Waals surface area contributed by atoms with Crippen LogP contribution in [0, 0.1) is 0 Å². The summed E-state index contributed by atoms with van der Waals surface area (Å²) in [5, 5.41) is 3.44. The number of ether oxygens (including phenoxy) is 1. The molecule has 1 heterocycles. The predicted molar refractivity (Wildman–Crippen MR) is 80.3 cm³/mol. The number of halogens is 1. The molecule has 0 radical (unpaired) electrons. The van der Waals surface area contributed by atoms with Gasteiger partial charge in [0.1, 0.15) is 5.75 Å². The first-order chi connectivity index (χ1) is 9.29. The van der Waals surface area contributed by atoms with Gasteiger partial charge < -0.3 is 10.1 Å². The monoisotopic (exact) mass is 320 g/mol. The van der Waals surface area contributed by atoms with Gasteiger partial charge in [-0.05, 0) is 54.4 Å². The number of nitrogens with one attached hydrogen (secondary N) is 1. The molecule has 0 bridgehead atoms. The second-order valence-corrected chi connectivity index (χ2v) is 5.09. The Bertz CT molecular complexity index is 517. The van der Waals surface area contributed by atoms with Crippen LogP contribution in [0.2, 0.25) is 0 Å². The number of hydrogen-bond donors (Lipinski definition) is 1. The molecule has 0 spiro atoms. The summed E-state index contributed by atoms with van der Waals surface area (Å²) >= 11 is 3.55. The van der Waals surface area contributed by atoms with Crippen LogP contribution in [0.3, 0.4) is 0 Å². The van der Waals surface area contributed by atoms with Crippen molar-refractivity contribution in [3.8, 4) is 5.75 Å². The molecule has 1 aromatic heterocycles. The lowest BCUT2D eigenvalue weighted by Gasteiger charge is -2.09. The molecule has 0 saturated carbocycles. The molecule has 0 amide bonds. The van der Waals surface area contributed by atoms with Crippen LogP contribution in [-0.2, 0) is 13.0 Å². The highest BCUT2D eigenvalue weighted by Gasteiger charge is 2.01. The Morgan fingerprint density at radius 1 is 1.21 bits per heavy atom. The maximum absolute atomic E-state index is 5.23. The molecule has 4 heteroatoms. The molecular weight excluding hydrogens is 304 g/mol. The van der Waals surface area contributed by atoms with Gasteiger partial charge in [-0.1, -0.05) is 15.9 Å². The molecule has 0 aliphatic heterocycles. The quantitative estimate of drug-likeness (QED) is 0.830. The van der Waals surface area contributed by atoms with E-state index < -0.39 is 0 Å². The van der Waals surface area contributed by atoms with Crippen molar-refractivity contribution in [1.29, 1.82) is 0 Å². The van der Waals surface area contributed by atoms with Crippen molar-refractivity contribution in [1.82, 2.24) is 10.3 Å². The fourth-order valence-electron chi connectivity index (χ4n) is 1.82. The van der Waals surface area contributed by atoms with E-state index in [4.69, 9.17) is 4.74 Å². The molecule has 0 atom stereocenters. The molecule has 2 aromatic rings. The lowest BCUT2D eigenvalue weighted by atomic mass is 10.2. The molecule has 0 unspecified atom stereocenters. The molecule has 1 aromatic carbocycles. The first-order valence-electron chi connectivity index (χ1n) is 6.21. The summed E-state index contributed by atoms with van der Waals surface area (Å²) in [7, 11) is 1.68. The van der Waals surface area contributed by atoms with Gasteiger partial charge in [0.15, 0.2) is 0 Å². The number of pyridine rings is 1. The number of rotatable bonds is 6. The highest BCUT2D eigenvalue weighted by molar-refractivity contribution is 9.10. The van der Waals surface area contributed by atoms with Crippen molar-refractivity contribution in [2.24, 2.45) is 0 Å². The third kappa shape index (κ3) is 4.33. The molecule has 0 fully saturated rings. The maximum atomic E-state index is 5.23. The minimum absolute atomic E-state index is 0.822. The van der Waals surface area contributed by atoms with Crippen LogP contribution >= 0.6 is 15.9 Å². The van der Waals surface area contributed by atoms with E-state index in [0.29, 0.717) is 0 Å². The van der Waals surface area contributed by atoms with Gasteiger partial charge in [-0.25, -0.2) is 0 Å². The topological polar surface area (TPSA) is 34.1 Å². The van der Waals surface area contributed by atoms with Crippen LogP contribution in [0.25, 0.3) is 0 Å². The zero-order valence-corrected chi connectivity index (χ0v) is 12.5. The first-order valence-corrected chi connectivity index (χ1v) is 7.01. The van der Waals surface area contributed by atoms with Crippen LogP contribution in [0.1, 0.15) is 11.1 Å². The fourth-order valence-corrected chi connectivity index (χ4v) is 2.21. The average molecular weight is 321 g/mol. The summed E-state index contributed by atoms with van der Waals surface area (Å²) in [6, 6.07) is 10.1. The van der Waals surface area contributed by atoms with Crippen molar-refractivity contribution in [3.05, 3.63) is 58.3 Å². The van der Waals surface area contributed by atoms with Gasteiger partial charge in [-0.15, -0.1) is 0 Å². The van der Waals surface area contributed by atoms with Crippen LogP contribution in [0.5, 0.6) is 5.75 Å². The van der Waals surface area contributed by atoms with E-state index in [9.17, 15) is 0 Å². The van der Waals surface area contributed by atoms with Crippen molar-refractivity contribution < 1.29 is 4.74 Å². The average Bonchev–Trinajstić information content (AvgIpc) is 2.46. The number of aromatic nitrogens is 1. The third-order valence-corrected chi connectivity index (χ3v) is 3.68. The van der Waals surface area contributed by atoms with Crippen molar-refractivity contribution in [2.75, 3.05) is 13.7 Å². The van der Waals surface area contributed by atoms with E-state index >= 15 is 0 Å². The largest absolute Gasteiger partial charge is 0.497 e. The summed E-state index contributed by atoms with van der Waals surface area (Å²) in [4.78, 5) is 4.01. The van der Waals surface area contributed by atoms with Gasteiger partial charge in [-0.2, -0.15) is 0 Å². The Morgan fingerprint density at radius 3 is 2.74 bits per heavy atom. The molecule has 0 saturated heterocycles. The number of methoxy groups -OCH3 is 1. The number of benzene rings is 1. The SMILES string of the molecule is COc1ccc(Br)c(CNCCc2ccncc2)c1. The zero-order chi connectivity index (χ0) is 13.5. The second kappa shape index (κ2) is 7.26. The van der Waals surface area contributed by atoms with E-state index in [-0.39, 0.29) is 0 Å². The molecule has 3 nitrogen and oxygen atoms in total. The maximum Gasteiger partial charge on any atom is 0.119 e. The lowest BCUT2D eigenvalue weighted by Crippen LogP contribution is -2.17. The third-order valence-electron chi connectivity index (χ3n) is 2.91. The van der Waals surface area contributed by atoms with Crippen LogP contribution in [0.15, 0.2) is 47.2 Å². The summed E-state index contributed by atoms with van der Waals surface area (Å²) in [6.07, 6.45) is 4.66. The van der Waals surface area contributed by atoms with Gasteiger partial charge in [0.25, 0.3) is 0 Å². The highest BCUT2D eigenvalue weighted by Crippen LogP contribution is 2.22. The lowest BCUT2D eigenvalue weighted by molar-refractivity contribution is 0.414. The Balaban J connectivity index is 1.82. The van der Waals surface area contributed by atoms with Crippen LogP contribution in [-0.4, -0.2) is 18.6 Å². The van der Waals surface area contributed by atoms with E-state index in [1.807, 2.05) is 42.7 Å². The predicted octanol–water partition coefficient (Wildman–Crippen LogP) is 3.19. The Labute approximate surface area is 122 Å². The molecule has 100 valence electrons. The minimum atomic E-state index is 0.822. The van der Waals surface area contributed by atoms with E-state index in [1.165, 1.54) is 11.1 Å². The number of hydrogen-bond acceptors (Lipinski definition) is 3.